The fourth-order valence-electron chi connectivity index (χ4n) is 0.370. The van der Waals surface area contributed by atoms with E-state index < -0.39 is 0 Å². The summed E-state index contributed by atoms with van der Waals surface area (Å²) in [7, 11) is 3.05. The quantitative estimate of drug-likeness (QED) is 0.432. The van der Waals surface area contributed by atoms with Crippen LogP contribution >= 0.6 is 0 Å². The Morgan fingerprint density at radius 3 is 2.57 bits per heavy atom. The summed E-state index contributed by atoms with van der Waals surface area (Å²) >= 11 is 0. The maximum Gasteiger partial charge on any atom is 0.194 e. The Morgan fingerprint density at radius 2 is 2.43 bits per heavy atom. The van der Waals surface area contributed by atoms with Gasteiger partial charge in [0.05, 0.1) is 0 Å². The predicted molar refractivity (Wildman–Crippen MR) is 25.5 cm³/mol. The molecule has 7 heavy (non-hydrogen) atoms. The van der Waals surface area contributed by atoms with E-state index in [1.807, 2.05) is 0 Å². The fourth-order valence-corrected chi connectivity index (χ4v) is 0.568. The topological polar surface area (TPSA) is 4.93 Å². The molecule has 0 atom stereocenters. The molecule has 0 unspecified atom stereocenters. The molecule has 0 saturated carbocycles. The zero-order valence-electron chi connectivity index (χ0n) is 3.56. The van der Waals surface area contributed by atoms with Crippen molar-refractivity contribution < 1.29 is 4.39 Å². The molecule has 1 heterocycles. The third-order valence-electron chi connectivity index (χ3n) is 0.657. The largest absolute Gasteiger partial charge is 0.380 e. The molecule has 0 fully saturated rings. The minimum atomic E-state index is -0.227. The van der Waals surface area contributed by atoms with Gasteiger partial charge in [0.25, 0.3) is 0 Å². The van der Waals surface area contributed by atoms with E-state index in [1.54, 1.807) is 6.20 Å². The molecule has 0 saturated heterocycles. The summed E-state index contributed by atoms with van der Waals surface area (Å²) in [6.07, 6.45) is 2.91. The summed E-state index contributed by atoms with van der Waals surface area (Å²) in [6.45, 7) is 0. The lowest BCUT2D eigenvalue weighted by atomic mass is 10.6. The van der Waals surface area contributed by atoms with E-state index in [-0.39, 0.29) is 5.82 Å². The first-order valence-electron chi connectivity index (χ1n) is 1.84. The van der Waals surface area contributed by atoms with Crippen LogP contribution in [0.15, 0.2) is 18.5 Å². The van der Waals surface area contributed by atoms with Gasteiger partial charge >= 0.3 is 0 Å². The Balaban J connectivity index is 3.04. The smallest absolute Gasteiger partial charge is 0.194 e. The van der Waals surface area contributed by atoms with Crippen LogP contribution in [-0.4, -0.2) is 14.6 Å². The van der Waals surface area contributed by atoms with E-state index in [9.17, 15) is 4.39 Å². The first-order valence-corrected chi connectivity index (χ1v) is 2.29. The summed E-state index contributed by atoms with van der Waals surface area (Å²) in [5, 5.41) is 0. The third-order valence-corrected chi connectivity index (χ3v) is 0.935. The van der Waals surface area contributed by atoms with Gasteiger partial charge in [-0.25, -0.2) is 4.39 Å². The predicted octanol–water partition coefficient (Wildman–Crippen LogP) is 0.559. The molecule has 3 radical (unpaired) electrons. The highest BCUT2D eigenvalue weighted by molar-refractivity contribution is 6.06. The first kappa shape index (κ1) is 4.58. The van der Waals surface area contributed by atoms with Gasteiger partial charge in [0, 0.05) is 6.20 Å². The van der Waals surface area contributed by atoms with Crippen LogP contribution in [0.5, 0.6) is 0 Å². The molecule has 1 rings (SSSR count). The molecule has 0 spiro atoms. The van der Waals surface area contributed by atoms with Crippen LogP contribution < -0.4 is 0 Å². The summed E-state index contributed by atoms with van der Waals surface area (Å²) in [4.78, 5) is 0. The van der Waals surface area contributed by atoms with Crippen LogP contribution in [0, 0.1) is 5.82 Å². The van der Waals surface area contributed by atoms with E-state index in [0.29, 0.717) is 0 Å². The van der Waals surface area contributed by atoms with Crippen molar-refractivity contribution in [3.63, 3.8) is 0 Å². The van der Waals surface area contributed by atoms with E-state index in [4.69, 9.17) is 0 Å². The van der Waals surface area contributed by atoms with Gasteiger partial charge in [0.1, 0.15) is 5.82 Å². The SMILES string of the molecule is Fc1ccn([Si])c1. The lowest BCUT2D eigenvalue weighted by molar-refractivity contribution is 0.629. The van der Waals surface area contributed by atoms with Crippen molar-refractivity contribution in [3.8, 4) is 0 Å². The van der Waals surface area contributed by atoms with Crippen LogP contribution in [0.25, 0.3) is 0 Å². The lowest BCUT2D eigenvalue weighted by Gasteiger charge is -1.78. The van der Waals surface area contributed by atoms with Crippen molar-refractivity contribution in [2.24, 2.45) is 0 Å². The fraction of sp³-hybridized carbons (Fsp3) is 0. The number of aromatic nitrogens is 1. The number of rotatable bonds is 0. The van der Waals surface area contributed by atoms with Gasteiger partial charge < -0.3 is 4.23 Å². The Morgan fingerprint density at radius 1 is 1.71 bits per heavy atom. The molecule has 0 N–H and O–H groups in total. The Labute approximate surface area is 44.3 Å². The Bertz CT molecular complexity index is 144. The highest BCUT2D eigenvalue weighted by atomic mass is 28.2. The normalized spacial score (nSPS) is 9.43. The molecule has 0 aliphatic heterocycles. The van der Waals surface area contributed by atoms with Crippen molar-refractivity contribution >= 4 is 10.4 Å². The van der Waals surface area contributed by atoms with Crippen LogP contribution in [0.3, 0.4) is 0 Å². The van der Waals surface area contributed by atoms with Crippen LogP contribution in [0.1, 0.15) is 0 Å². The van der Waals surface area contributed by atoms with Gasteiger partial charge in [-0.1, -0.05) is 0 Å². The second-order valence-corrected chi connectivity index (χ2v) is 1.75. The van der Waals surface area contributed by atoms with E-state index >= 15 is 0 Å². The minimum absolute atomic E-state index is 0.227. The molecular formula is C4H3FNSi. The number of hydrogen-bond acceptors (Lipinski definition) is 0. The standard InChI is InChI=1S/C4H3FNSi/c5-4-1-2-6(7)3-4/h1-3H. The molecular weight excluding hydrogens is 109 g/mol. The molecule has 0 bridgehead atoms. The monoisotopic (exact) mass is 112 g/mol. The summed E-state index contributed by atoms with van der Waals surface area (Å²) in [5.41, 5.74) is 0. The third kappa shape index (κ3) is 0.897. The highest BCUT2D eigenvalue weighted by Crippen LogP contribution is 1.92. The van der Waals surface area contributed by atoms with Crippen molar-refractivity contribution in [2.75, 3.05) is 0 Å². The summed E-state index contributed by atoms with van der Waals surface area (Å²) < 4.78 is 13.3. The van der Waals surface area contributed by atoms with Gasteiger partial charge in [-0.15, -0.1) is 0 Å². The molecule has 1 aromatic rings. The maximum atomic E-state index is 11.9. The first-order chi connectivity index (χ1) is 3.29. The molecule has 1 nitrogen and oxygen atoms in total. The van der Waals surface area contributed by atoms with Crippen LogP contribution in [-0.2, 0) is 0 Å². The van der Waals surface area contributed by atoms with Gasteiger partial charge in [-0.3, -0.25) is 0 Å². The minimum Gasteiger partial charge on any atom is -0.380 e. The van der Waals surface area contributed by atoms with Gasteiger partial charge in [0.15, 0.2) is 10.4 Å². The average Bonchev–Trinajstić information content (AvgIpc) is 1.87. The van der Waals surface area contributed by atoms with Crippen LogP contribution in [0.4, 0.5) is 4.39 Å². The second kappa shape index (κ2) is 1.50. The molecule has 0 aliphatic carbocycles. The summed E-state index contributed by atoms with van der Waals surface area (Å²) in [6, 6.07) is 1.37. The number of hydrogen-bond donors (Lipinski definition) is 0. The summed E-state index contributed by atoms with van der Waals surface area (Å²) in [5.74, 6) is -0.227. The second-order valence-electron chi connectivity index (χ2n) is 1.24. The Hall–Kier alpha value is -0.573. The van der Waals surface area contributed by atoms with E-state index in [2.05, 4.69) is 10.4 Å². The maximum absolute atomic E-state index is 11.9. The molecule has 3 heteroatoms. The molecule has 0 aromatic carbocycles. The van der Waals surface area contributed by atoms with Crippen molar-refractivity contribution in [3.05, 3.63) is 24.3 Å². The van der Waals surface area contributed by atoms with Gasteiger partial charge in [0.2, 0.25) is 0 Å². The van der Waals surface area contributed by atoms with Crippen molar-refractivity contribution in [1.29, 1.82) is 0 Å². The van der Waals surface area contributed by atoms with E-state index in [0.717, 1.165) is 0 Å². The van der Waals surface area contributed by atoms with Gasteiger partial charge in [-0.05, 0) is 12.3 Å². The lowest BCUT2D eigenvalue weighted by Crippen LogP contribution is -1.81. The average molecular weight is 112 g/mol. The molecule has 1 aromatic heterocycles. The highest BCUT2D eigenvalue weighted by Gasteiger charge is 1.85. The van der Waals surface area contributed by atoms with Gasteiger partial charge in [-0.2, -0.15) is 0 Å². The zero-order valence-corrected chi connectivity index (χ0v) is 4.56. The Kier molecular flexibility index (Phi) is 0.980. The van der Waals surface area contributed by atoms with Crippen molar-refractivity contribution in [2.45, 2.75) is 0 Å². The molecule has 0 amide bonds. The molecule has 35 valence electrons. The van der Waals surface area contributed by atoms with Crippen molar-refractivity contribution in [1.82, 2.24) is 4.23 Å². The molecule has 0 aliphatic rings. The zero-order chi connectivity index (χ0) is 5.28. The number of nitrogens with zero attached hydrogens (tertiary/aromatic N) is 1. The van der Waals surface area contributed by atoms with E-state index in [1.165, 1.54) is 16.5 Å². The van der Waals surface area contributed by atoms with Crippen LogP contribution in [0.2, 0.25) is 0 Å². The number of halogens is 1.